The van der Waals surface area contributed by atoms with Crippen molar-refractivity contribution >= 4 is 30.0 Å². The Bertz CT molecular complexity index is 1480. The SMILES string of the molecule is COc1cccc(C(=O)N(C(=O)OCOC(=O)C2CCN(C(=O)OC(C)(C)C)CC2)N(C(=O)c2cc(C)cc(C)c2)C(C)(C)C)c1C. The second kappa shape index (κ2) is 14.9. The predicted octanol–water partition coefficient (Wildman–Crippen LogP) is 6.20. The summed E-state index contributed by atoms with van der Waals surface area (Å²) in [6, 6.07) is 10.1. The highest BCUT2D eigenvalue weighted by atomic mass is 16.7. The van der Waals surface area contributed by atoms with Gasteiger partial charge in [-0.3, -0.25) is 14.4 Å². The molecular formula is C35H47N3O9. The van der Waals surface area contributed by atoms with Crippen LogP contribution in [0.1, 0.15) is 91.8 Å². The molecule has 1 saturated heterocycles. The van der Waals surface area contributed by atoms with Crippen LogP contribution >= 0.6 is 0 Å². The Balaban J connectivity index is 1.84. The van der Waals surface area contributed by atoms with E-state index in [0.29, 0.717) is 42.3 Å². The number of rotatable bonds is 6. The van der Waals surface area contributed by atoms with Crippen LogP contribution in [0.4, 0.5) is 9.59 Å². The fraction of sp³-hybridized carbons (Fsp3) is 0.514. The number of aryl methyl sites for hydroxylation is 2. The highest BCUT2D eigenvalue weighted by Crippen LogP contribution is 2.28. The maximum absolute atomic E-state index is 14.2. The van der Waals surface area contributed by atoms with Crippen molar-refractivity contribution in [1.82, 2.24) is 14.9 Å². The van der Waals surface area contributed by atoms with Gasteiger partial charge in [-0.25, -0.2) is 14.6 Å². The smallest absolute Gasteiger partial charge is 0.439 e. The van der Waals surface area contributed by atoms with E-state index in [2.05, 4.69) is 0 Å². The normalized spacial score (nSPS) is 13.8. The van der Waals surface area contributed by atoms with E-state index in [1.165, 1.54) is 18.1 Å². The molecule has 0 unspecified atom stereocenters. The number of amides is 4. The van der Waals surface area contributed by atoms with Gasteiger partial charge in [-0.2, -0.15) is 0 Å². The van der Waals surface area contributed by atoms with Crippen molar-refractivity contribution in [2.75, 3.05) is 27.0 Å². The van der Waals surface area contributed by atoms with Gasteiger partial charge >= 0.3 is 18.2 Å². The van der Waals surface area contributed by atoms with Crippen LogP contribution in [0.3, 0.4) is 0 Å². The molecule has 0 radical (unpaired) electrons. The Morgan fingerprint density at radius 2 is 1.45 bits per heavy atom. The predicted molar refractivity (Wildman–Crippen MR) is 174 cm³/mol. The molecule has 0 saturated carbocycles. The number of carbonyl (C=O) groups is 5. The monoisotopic (exact) mass is 653 g/mol. The molecule has 0 spiro atoms. The number of hydrogen-bond acceptors (Lipinski definition) is 9. The summed E-state index contributed by atoms with van der Waals surface area (Å²) in [5.41, 5.74) is 0.769. The zero-order chi connectivity index (χ0) is 35.3. The molecule has 12 nitrogen and oxygen atoms in total. The van der Waals surface area contributed by atoms with Gasteiger partial charge in [-0.1, -0.05) is 23.3 Å². The van der Waals surface area contributed by atoms with Crippen LogP contribution in [0.2, 0.25) is 0 Å². The number of carbonyl (C=O) groups excluding carboxylic acids is 5. The second-order valence-electron chi connectivity index (χ2n) is 13.6. The van der Waals surface area contributed by atoms with Gasteiger partial charge < -0.3 is 23.8 Å². The molecule has 256 valence electrons. The number of methoxy groups -OCH3 is 1. The molecule has 0 aromatic heterocycles. The van der Waals surface area contributed by atoms with Gasteiger partial charge in [0.25, 0.3) is 11.8 Å². The van der Waals surface area contributed by atoms with E-state index < -0.39 is 53.8 Å². The van der Waals surface area contributed by atoms with E-state index in [9.17, 15) is 24.0 Å². The van der Waals surface area contributed by atoms with Crippen molar-refractivity contribution in [1.29, 1.82) is 0 Å². The number of likely N-dealkylation sites (tertiary alicyclic amines) is 1. The van der Waals surface area contributed by atoms with Crippen LogP contribution in [0, 0.1) is 26.7 Å². The molecular weight excluding hydrogens is 606 g/mol. The van der Waals surface area contributed by atoms with E-state index in [4.69, 9.17) is 18.9 Å². The van der Waals surface area contributed by atoms with Gasteiger partial charge in [0.05, 0.1) is 18.6 Å². The number of nitrogens with zero attached hydrogens (tertiary/aromatic N) is 3. The van der Waals surface area contributed by atoms with Crippen molar-refractivity contribution < 1.29 is 42.9 Å². The Labute approximate surface area is 276 Å². The van der Waals surface area contributed by atoms with Gasteiger partial charge in [-0.15, -0.1) is 5.01 Å². The maximum atomic E-state index is 14.2. The Morgan fingerprint density at radius 3 is 1.98 bits per heavy atom. The van der Waals surface area contributed by atoms with Crippen molar-refractivity contribution in [2.24, 2.45) is 5.92 Å². The van der Waals surface area contributed by atoms with E-state index in [1.807, 2.05) is 19.9 Å². The first-order valence-electron chi connectivity index (χ1n) is 15.6. The number of ether oxygens (including phenoxy) is 4. The van der Waals surface area contributed by atoms with Crippen LogP contribution in [0.5, 0.6) is 5.75 Å². The Morgan fingerprint density at radius 1 is 0.851 bits per heavy atom. The third-order valence-electron chi connectivity index (χ3n) is 7.46. The average Bonchev–Trinajstić information content (AvgIpc) is 2.97. The van der Waals surface area contributed by atoms with Crippen LogP contribution in [0.25, 0.3) is 0 Å². The lowest BCUT2D eigenvalue weighted by atomic mass is 9.97. The first kappa shape index (κ1) is 36.9. The Hall–Kier alpha value is -4.61. The summed E-state index contributed by atoms with van der Waals surface area (Å²) in [7, 11) is 1.46. The van der Waals surface area contributed by atoms with Gasteiger partial charge in [0.15, 0.2) is 0 Å². The minimum atomic E-state index is -1.21. The summed E-state index contributed by atoms with van der Waals surface area (Å²) < 4.78 is 21.4. The van der Waals surface area contributed by atoms with Gasteiger partial charge in [0.2, 0.25) is 6.79 Å². The largest absolute Gasteiger partial charge is 0.496 e. The second-order valence-corrected chi connectivity index (χ2v) is 13.6. The molecule has 1 heterocycles. The van der Waals surface area contributed by atoms with Crippen molar-refractivity contribution in [3.05, 3.63) is 64.2 Å². The van der Waals surface area contributed by atoms with Crippen molar-refractivity contribution in [3.63, 3.8) is 0 Å². The third-order valence-corrected chi connectivity index (χ3v) is 7.46. The molecule has 0 bridgehead atoms. The first-order chi connectivity index (χ1) is 21.8. The summed E-state index contributed by atoms with van der Waals surface area (Å²) in [6.07, 6.45) is -0.979. The number of benzene rings is 2. The fourth-order valence-corrected chi connectivity index (χ4v) is 5.29. The first-order valence-corrected chi connectivity index (χ1v) is 15.6. The lowest BCUT2D eigenvalue weighted by Gasteiger charge is -2.41. The van der Waals surface area contributed by atoms with Gasteiger partial charge in [-0.05, 0) is 99.4 Å². The molecule has 0 N–H and O–H groups in total. The fourth-order valence-electron chi connectivity index (χ4n) is 5.29. The lowest BCUT2D eigenvalue weighted by molar-refractivity contribution is -0.159. The van der Waals surface area contributed by atoms with E-state index in [1.54, 1.807) is 72.7 Å². The van der Waals surface area contributed by atoms with Crippen LogP contribution in [-0.2, 0) is 19.0 Å². The molecule has 12 heteroatoms. The number of hydrazine groups is 1. The molecule has 4 amide bonds. The summed E-state index contributed by atoms with van der Waals surface area (Å²) >= 11 is 0. The van der Waals surface area contributed by atoms with E-state index in [0.717, 1.165) is 16.1 Å². The minimum absolute atomic E-state index is 0.109. The molecule has 1 aliphatic rings. The summed E-state index contributed by atoms with van der Waals surface area (Å²) in [5.74, 6) is -2.16. The van der Waals surface area contributed by atoms with E-state index in [-0.39, 0.29) is 11.1 Å². The number of esters is 1. The van der Waals surface area contributed by atoms with Gasteiger partial charge in [0, 0.05) is 29.8 Å². The molecule has 0 aliphatic carbocycles. The topological polar surface area (TPSA) is 132 Å². The highest BCUT2D eigenvalue weighted by Gasteiger charge is 2.42. The standard InChI is InChI=1S/C35H47N3O9/c1-22-18-23(2)20-26(19-22)29(39)38(34(4,5)6)37(30(40)27-12-11-13-28(44-10)24(27)3)33(43)46-21-45-31(41)25-14-16-36(17-15-25)32(42)47-35(7,8)9/h11-13,18-20,25H,14-17,21H2,1-10H3. The number of imide groups is 1. The Kier molecular flexibility index (Phi) is 11.7. The van der Waals surface area contributed by atoms with Crippen LogP contribution in [-0.4, -0.2) is 83.0 Å². The minimum Gasteiger partial charge on any atom is -0.496 e. The third kappa shape index (κ3) is 9.46. The summed E-state index contributed by atoms with van der Waals surface area (Å²) in [5, 5.41) is 1.70. The van der Waals surface area contributed by atoms with Gasteiger partial charge in [0.1, 0.15) is 11.4 Å². The molecule has 1 aliphatic heterocycles. The number of hydrogen-bond donors (Lipinski definition) is 0. The highest BCUT2D eigenvalue weighted by molar-refractivity contribution is 6.07. The molecule has 47 heavy (non-hydrogen) atoms. The quantitative estimate of drug-likeness (QED) is 0.203. The molecule has 1 fully saturated rings. The van der Waals surface area contributed by atoms with Crippen LogP contribution < -0.4 is 4.74 Å². The maximum Gasteiger partial charge on any atom is 0.439 e. The van der Waals surface area contributed by atoms with Crippen molar-refractivity contribution in [3.8, 4) is 5.75 Å². The molecule has 2 aromatic rings. The molecule has 3 rings (SSSR count). The average molecular weight is 654 g/mol. The zero-order valence-electron chi connectivity index (χ0n) is 29.1. The molecule has 2 aromatic carbocycles. The zero-order valence-corrected chi connectivity index (χ0v) is 29.1. The number of piperidine rings is 1. The van der Waals surface area contributed by atoms with E-state index >= 15 is 0 Å². The van der Waals surface area contributed by atoms with Crippen molar-refractivity contribution in [2.45, 2.75) is 86.3 Å². The lowest BCUT2D eigenvalue weighted by Crippen LogP contribution is -2.60. The molecule has 0 atom stereocenters. The van der Waals surface area contributed by atoms with Crippen LogP contribution in [0.15, 0.2) is 36.4 Å². The summed E-state index contributed by atoms with van der Waals surface area (Å²) in [4.78, 5) is 68.8. The summed E-state index contributed by atoms with van der Waals surface area (Å²) in [6.45, 7) is 15.6.